The molecule has 1 fully saturated rings. The van der Waals surface area contributed by atoms with Gasteiger partial charge < -0.3 is 15.2 Å². The predicted octanol–water partition coefficient (Wildman–Crippen LogP) is 1.81. The highest BCUT2D eigenvalue weighted by atomic mass is 16.5. The fraction of sp³-hybridized carbons (Fsp3) is 0.769. The third-order valence-corrected chi connectivity index (χ3v) is 3.44. The molecule has 0 atom stereocenters. The normalized spacial score (nSPS) is 18.1. The zero-order valence-electron chi connectivity index (χ0n) is 10.8. The molecule has 1 aliphatic rings. The Hall–Kier alpha value is -0.870. The number of aliphatic carboxylic acids is 1. The second-order valence-corrected chi connectivity index (χ2v) is 4.76. The minimum absolute atomic E-state index is 0.416. The van der Waals surface area contributed by atoms with E-state index < -0.39 is 5.97 Å². The van der Waals surface area contributed by atoms with Crippen molar-refractivity contribution in [1.82, 2.24) is 5.32 Å². The molecule has 17 heavy (non-hydrogen) atoms. The van der Waals surface area contributed by atoms with E-state index in [1.165, 1.54) is 12.8 Å². The number of hydrogen-bond acceptors (Lipinski definition) is 3. The fourth-order valence-electron chi connectivity index (χ4n) is 1.93. The van der Waals surface area contributed by atoms with E-state index in [9.17, 15) is 4.79 Å². The molecule has 0 aliphatic heterocycles. The van der Waals surface area contributed by atoms with E-state index in [4.69, 9.17) is 9.84 Å². The monoisotopic (exact) mass is 241 g/mol. The van der Waals surface area contributed by atoms with Crippen molar-refractivity contribution in [3.8, 4) is 0 Å². The van der Waals surface area contributed by atoms with E-state index in [0.717, 1.165) is 19.6 Å². The number of hydrogen-bond donors (Lipinski definition) is 2. The summed E-state index contributed by atoms with van der Waals surface area (Å²) in [5.74, 6) is -0.810. The first-order valence-corrected chi connectivity index (χ1v) is 6.25. The van der Waals surface area contributed by atoms with Crippen LogP contribution in [0.15, 0.2) is 11.6 Å². The van der Waals surface area contributed by atoms with Crippen LogP contribution in [0.1, 0.15) is 32.6 Å². The molecule has 0 saturated heterocycles. The van der Waals surface area contributed by atoms with Gasteiger partial charge in [-0.25, -0.2) is 4.79 Å². The fourth-order valence-corrected chi connectivity index (χ4v) is 1.93. The van der Waals surface area contributed by atoms with E-state index >= 15 is 0 Å². The third kappa shape index (κ3) is 4.88. The smallest absolute Gasteiger partial charge is 0.331 e. The molecule has 0 aromatic rings. The van der Waals surface area contributed by atoms with Gasteiger partial charge in [-0.1, -0.05) is 13.0 Å². The maximum absolute atomic E-state index is 10.8. The van der Waals surface area contributed by atoms with E-state index in [2.05, 4.69) is 5.32 Å². The van der Waals surface area contributed by atoms with Crippen LogP contribution in [-0.2, 0) is 9.53 Å². The van der Waals surface area contributed by atoms with Crippen molar-refractivity contribution in [2.75, 3.05) is 26.8 Å². The van der Waals surface area contributed by atoms with E-state index in [1.807, 2.05) is 6.92 Å². The van der Waals surface area contributed by atoms with Crippen LogP contribution in [0, 0.1) is 5.41 Å². The molecule has 0 amide bonds. The van der Waals surface area contributed by atoms with Crippen molar-refractivity contribution >= 4 is 5.97 Å². The Balaban J connectivity index is 2.21. The summed E-state index contributed by atoms with van der Waals surface area (Å²) in [5, 5.41) is 12.2. The molecule has 4 heteroatoms. The maximum Gasteiger partial charge on any atom is 0.331 e. The molecule has 0 spiro atoms. The Bertz CT molecular complexity index is 282. The van der Waals surface area contributed by atoms with Crippen LogP contribution in [0.3, 0.4) is 0 Å². The van der Waals surface area contributed by atoms with Crippen LogP contribution in [-0.4, -0.2) is 37.9 Å². The third-order valence-electron chi connectivity index (χ3n) is 3.44. The molecule has 0 aromatic heterocycles. The van der Waals surface area contributed by atoms with Crippen LogP contribution in [0.25, 0.3) is 0 Å². The first-order chi connectivity index (χ1) is 8.13. The second-order valence-electron chi connectivity index (χ2n) is 4.76. The van der Waals surface area contributed by atoms with Crippen LogP contribution in [0.4, 0.5) is 0 Å². The zero-order valence-corrected chi connectivity index (χ0v) is 10.8. The van der Waals surface area contributed by atoms with Gasteiger partial charge in [0, 0.05) is 32.4 Å². The number of ether oxygens (including phenoxy) is 1. The average molecular weight is 241 g/mol. The summed E-state index contributed by atoms with van der Waals surface area (Å²) in [7, 11) is 1.73. The second kappa shape index (κ2) is 6.77. The summed E-state index contributed by atoms with van der Waals surface area (Å²) < 4.78 is 5.09. The lowest BCUT2D eigenvalue weighted by Gasteiger charge is -2.14. The highest BCUT2D eigenvalue weighted by Gasteiger charge is 2.41. The van der Waals surface area contributed by atoms with Gasteiger partial charge in [0.2, 0.25) is 0 Å². The summed E-state index contributed by atoms with van der Waals surface area (Å²) >= 11 is 0. The number of carboxylic acid groups (broad SMARTS) is 1. The van der Waals surface area contributed by atoms with Crippen LogP contribution in [0.2, 0.25) is 0 Å². The molecule has 1 aliphatic carbocycles. The molecule has 0 aromatic carbocycles. The Kier molecular flexibility index (Phi) is 5.65. The van der Waals surface area contributed by atoms with Crippen LogP contribution < -0.4 is 5.32 Å². The Labute approximate surface area is 103 Å². The summed E-state index contributed by atoms with van der Waals surface area (Å²) in [6, 6.07) is 0. The van der Waals surface area contributed by atoms with Crippen molar-refractivity contribution in [2.45, 2.75) is 32.6 Å². The minimum Gasteiger partial charge on any atom is -0.478 e. The number of nitrogens with one attached hydrogen (secondary N) is 1. The lowest BCUT2D eigenvalue weighted by molar-refractivity contribution is -0.132. The van der Waals surface area contributed by atoms with E-state index in [1.54, 1.807) is 13.2 Å². The van der Waals surface area contributed by atoms with E-state index in [-0.39, 0.29) is 0 Å². The van der Waals surface area contributed by atoms with Gasteiger partial charge >= 0.3 is 5.97 Å². The molecule has 2 N–H and O–H groups in total. The molecule has 1 rings (SSSR count). The standard InChI is InChI=1S/C13H23NO3/c1-3-11(12(15)16)4-8-14-10-13(5-6-13)7-9-17-2/h4,14H,3,5-10H2,1-2H3,(H,15,16). The summed E-state index contributed by atoms with van der Waals surface area (Å²) in [4.78, 5) is 10.8. The number of rotatable bonds is 9. The minimum atomic E-state index is -0.810. The molecule has 1 saturated carbocycles. The van der Waals surface area contributed by atoms with Gasteiger partial charge in [0.1, 0.15) is 0 Å². The molecule has 0 radical (unpaired) electrons. The van der Waals surface area contributed by atoms with Crippen molar-refractivity contribution < 1.29 is 14.6 Å². The SMILES string of the molecule is CCC(=CCNCC1(CCOC)CC1)C(=O)O. The topological polar surface area (TPSA) is 58.6 Å². The predicted molar refractivity (Wildman–Crippen MR) is 67.0 cm³/mol. The van der Waals surface area contributed by atoms with Gasteiger partial charge in [-0.15, -0.1) is 0 Å². The first kappa shape index (κ1) is 14.2. The zero-order chi connectivity index (χ0) is 12.7. The van der Waals surface area contributed by atoms with Crippen LogP contribution >= 0.6 is 0 Å². The Morgan fingerprint density at radius 3 is 2.71 bits per heavy atom. The lowest BCUT2D eigenvalue weighted by Crippen LogP contribution is -2.25. The van der Waals surface area contributed by atoms with Gasteiger partial charge in [0.05, 0.1) is 0 Å². The Morgan fingerprint density at radius 2 is 2.24 bits per heavy atom. The summed E-state index contributed by atoms with van der Waals surface area (Å²) in [6.45, 7) is 4.28. The van der Waals surface area contributed by atoms with E-state index in [0.29, 0.717) is 24.0 Å². The van der Waals surface area contributed by atoms with Gasteiger partial charge in [0.15, 0.2) is 0 Å². The molecule has 0 heterocycles. The number of carboxylic acids is 1. The van der Waals surface area contributed by atoms with Crippen LogP contribution in [0.5, 0.6) is 0 Å². The molecule has 98 valence electrons. The van der Waals surface area contributed by atoms with Crippen molar-refractivity contribution in [2.24, 2.45) is 5.41 Å². The Morgan fingerprint density at radius 1 is 1.53 bits per heavy atom. The van der Waals surface area contributed by atoms with Gasteiger partial charge in [-0.2, -0.15) is 0 Å². The van der Waals surface area contributed by atoms with Gasteiger partial charge in [-0.05, 0) is 31.1 Å². The molecular formula is C13H23NO3. The highest BCUT2D eigenvalue weighted by molar-refractivity contribution is 5.86. The summed E-state index contributed by atoms with van der Waals surface area (Å²) in [5.41, 5.74) is 0.902. The molecule has 0 bridgehead atoms. The van der Waals surface area contributed by atoms with Gasteiger partial charge in [0.25, 0.3) is 0 Å². The first-order valence-electron chi connectivity index (χ1n) is 6.25. The molecular weight excluding hydrogens is 218 g/mol. The maximum atomic E-state index is 10.8. The number of carbonyl (C=O) groups is 1. The van der Waals surface area contributed by atoms with Gasteiger partial charge in [-0.3, -0.25) is 0 Å². The van der Waals surface area contributed by atoms with Crippen molar-refractivity contribution in [3.63, 3.8) is 0 Å². The highest BCUT2D eigenvalue weighted by Crippen LogP contribution is 2.48. The lowest BCUT2D eigenvalue weighted by atomic mass is 10.0. The molecule has 4 nitrogen and oxygen atoms in total. The van der Waals surface area contributed by atoms with Crippen molar-refractivity contribution in [3.05, 3.63) is 11.6 Å². The quantitative estimate of drug-likeness (QED) is 0.477. The number of methoxy groups -OCH3 is 1. The largest absolute Gasteiger partial charge is 0.478 e. The summed E-state index contributed by atoms with van der Waals surface area (Å²) in [6.07, 6.45) is 5.96. The average Bonchev–Trinajstić information content (AvgIpc) is 3.07. The molecule has 0 unspecified atom stereocenters. The van der Waals surface area contributed by atoms with Crippen molar-refractivity contribution in [1.29, 1.82) is 0 Å².